The number of carbonyl (C=O) groups is 1. The summed E-state index contributed by atoms with van der Waals surface area (Å²) in [6, 6.07) is 6.93. The molecule has 2 unspecified atom stereocenters. The molecule has 0 aliphatic carbocycles. The van der Waals surface area contributed by atoms with Crippen LogP contribution in [-0.4, -0.2) is 17.9 Å². The summed E-state index contributed by atoms with van der Waals surface area (Å²) in [6.45, 7) is 10.8. The van der Waals surface area contributed by atoms with Crippen molar-refractivity contribution in [2.75, 3.05) is 10.6 Å². The Bertz CT molecular complexity index is 499. The monoisotopic (exact) mass is 332 g/mol. The first-order valence-electron chi connectivity index (χ1n) is 9.72. The Morgan fingerprint density at radius 2 is 1.62 bits per heavy atom. The standard InChI is InChI=1S/C21H36N2O/c1-6-9-10-11-12-21(24)19-15-18(22-16(4)7-2)13-14-20(19)23-17(5)8-3/h13-17,22-23H,6-12H2,1-5H3. The van der Waals surface area contributed by atoms with E-state index in [-0.39, 0.29) is 5.78 Å². The van der Waals surface area contributed by atoms with Gasteiger partial charge in [-0.1, -0.05) is 40.0 Å². The van der Waals surface area contributed by atoms with Crippen LogP contribution in [-0.2, 0) is 0 Å². The largest absolute Gasteiger partial charge is 0.383 e. The van der Waals surface area contributed by atoms with Gasteiger partial charge >= 0.3 is 0 Å². The second kappa shape index (κ2) is 11.1. The Kier molecular flexibility index (Phi) is 9.51. The zero-order valence-corrected chi connectivity index (χ0v) is 16.2. The lowest BCUT2D eigenvalue weighted by atomic mass is 10.0. The maximum absolute atomic E-state index is 12.7. The van der Waals surface area contributed by atoms with Crippen LogP contribution in [0.15, 0.2) is 18.2 Å². The lowest BCUT2D eigenvalue weighted by molar-refractivity contribution is 0.0980. The van der Waals surface area contributed by atoms with E-state index in [0.29, 0.717) is 18.5 Å². The third kappa shape index (κ3) is 6.94. The third-order valence-electron chi connectivity index (χ3n) is 4.62. The average Bonchev–Trinajstić information content (AvgIpc) is 2.59. The molecule has 0 heterocycles. The first-order chi connectivity index (χ1) is 11.5. The molecule has 1 aromatic rings. The summed E-state index contributed by atoms with van der Waals surface area (Å²) in [5.74, 6) is 0.254. The minimum atomic E-state index is 0.254. The zero-order chi connectivity index (χ0) is 17.9. The second-order valence-corrected chi connectivity index (χ2v) is 6.90. The predicted octanol–water partition coefficient (Wildman–Crippen LogP) is 6.26. The smallest absolute Gasteiger partial charge is 0.165 e. The van der Waals surface area contributed by atoms with Gasteiger partial charge in [-0.05, 0) is 51.3 Å². The van der Waals surface area contributed by atoms with Crippen LogP contribution in [0.4, 0.5) is 11.4 Å². The number of ketones is 1. The van der Waals surface area contributed by atoms with E-state index in [1.807, 2.05) is 6.07 Å². The molecule has 2 N–H and O–H groups in total. The van der Waals surface area contributed by atoms with E-state index in [4.69, 9.17) is 0 Å². The van der Waals surface area contributed by atoms with Crippen molar-refractivity contribution < 1.29 is 4.79 Å². The SMILES string of the molecule is CCCCCCC(=O)c1cc(NC(C)CC)ccc1NC(C)CC. The summed E-state index contributed by atoms with van der Waals surface area (Å²) >= 11 is 0. The molecule has 3 heteroatoms. The van der Waals surface area contributed by atoms with Crippen molar-refractivity contribution in [3.63, 3.8) is 0 Å². The van der Waals surface area contributed by atoms with Crippen molar-refractivity contribution in [2.45, 2.75) is 91.6 Å². The van der Waals surface area contributed by atoms with Gasteiger partial charge in [0.15, 0.2) is 5.78 Å². The van der Waals surface area contributed by atoms with Crippen molar-refractivity contribution in [3.05, 3.63) is 23.8 Å². The molecule has 0 radical (unpaired) electrons. The van der Waals surface area contributed by atoms with E-state index < -0.39 is 0 Å². The number of unbranched alkanes of at least 4 members (excludes halogenated alkanes) is 3. The maximum Gasteiger partial charge on any atom is 0.165 e. The van der Waals surface area contributed by atoms with E-state index in [1.165, 1.54) is 12.8 Å². The number of anilines is 2. The summed E-state index contributed by atoms with van der Waals surface area (Å²) < 4.78 is 0. The molecule has 0 amide bonds. The Labute approximate surface area is 148 Å². The molecule has 0 bridgehead atoms. The average molecular weight is 333 g/mol. The van der Waals surface area contributed by atoms with Gasteiger partial charge in [-0.25, -0.2) is 0 Å². The Morgan fingerprint density at radius 1 is 0.958 bits per heavy atom. The first kappa shape index (κ1) is 20.5. The molecule has 1 aromatic carbocycles. The summed E-state index contributed by atoms with van der Waals surface area (Å²) in [5, 5.41) is 6.97. The summed E-state index contributed by atoms with van der Waals surface area (Å²) in [6.07, 6.45) is 7.27. The number of rotatable bonds is 12. The van der Waals surface area contributed by atoms with Gasteiger partial charge in [0.2, 0.25) is 0 Å². The van der Waals surface area contributed by atoms with Crippen LogP contribution in [0.2, 0.25) is 0 Å². The molecule has 24 heavy (non-hydrogen) atoms. The highest BCUT2D eigenvalue weighted by Gasteiger charge is 2.14. The van der Waals surface area contributed by atoms with Crippen molar-refractivity contribution in [2.24, 2.45) is 0 Å². The zero-order valence-electron chi connectivity index (χ0n) is 16.2. The highest BCUT2D eigenvalue weighted by atomic mass is 16.1. The molecule has 136 valence electrons. The molecule has 1 rings (SSSR count). The number of hydrogen-bond donors (Lipinski definition) is 2. The number of nitrogens with one attached hydrogen (secondary N) is 2. The van der Waals surface area contributed by atoms with Gasteiger partial charge in [0.05, 0.1) is 0 Å². The predicted molar refractivity (Wildman–Crippen MR) is 106 cm³/mol. The van der Waals surface area contributed by atoms with E-state index in [2.05, 4.69) is 57.4 Å². The van der Waals surface area contributed by atoms with Crippen LogP contribution in [0, 0.1) is 0 Å². The fourth-order valence-corrected chi connectivity index (χ4v) is 2.59. The maximum atomic E-state index is 12.7. The second-order valence-electron chi connectivity index (χ2n) is 6.90. The lowest BCUT2D eigenvalue weighted by Crippen LogP contribution is -2.18. The summed E-state index contributed by atoms with van der Waals surface area (Å²) in [5.41, 5.74) is 2.84. The summed E-state index contributed by atoms with van der Waals surface area (Å²) in [4.78, 5) is 12.7. The number of benzene rings is 1. The van der Waals surface area contributed by atoms with Crippen LogP contribution < -0.4 is 10.6 Å². The van der Waals surface area contributed by atoms with Crippen LogP contribution in [0.25, 0.3) is 0 Å². The van der Waals surface area contributed by atoms with Crippen molar-refractivity contribution >= 4 is 17.2 Å². The van der Waals surface area contributed by atoms with E-state index in [1.54, 1.807) is 0 Å². The molecule has 0 aliphatic rings. The van der Waals surface area contributed by atoms with E-state index in [0.717, 1.165) is 42.6 Å². The van der Waals surface area contributed by atoms with E-state index in [9.17, 15) is 4.79 Å². The van der Waals surface area contributed by atoms with Crippen LogP contribution >= 0.6 is 0 Å². The fourth-order valence-electron chi connectivity index (χ4n) is 2.59. The Morgan fingerprint density at radius 3 is 2.25 bits per heavy atom. The van der Waals surface area contributed by atoms with Crippen LogP contribution in [0.1, 0.15) is 89.9 Å². The molecule has 0 spiro atoms. The van der Waals surface area contributed by atoms with Gasteiger partial charge < -0.3 is 10.6 Å². The Hall–Kier alpha value is -1.51. The van der Waals surface area contributed by atoms with Gasteiger partial charge in [-0.15, -0.1) is 0 Å². The highest BCUT2D eigenvalue weighted by molar-refractivity contribution is 6.02. The number of carbonyl (C=O) groups excluding carboxylic acids is 1. The number of Topliss-reactive ketones (excluding diaryl/α,β-unsaturated/α-hetero) is 1. The highest BCUT2D eigenvalue weighted by Crippen LogP contribution is 2.25. The molecule has 0 saturated carbocycles. The Balaban J connectivity index is 2.91. The quantitative estimate of drug-likeness (QED) is 0.350. The van der Waals surface area contributed by atoms with Crippen molar-refractivity contribution in [3.8, 4) is 0 Å². The van der Waals surface area contributed by atoms with Gasteiger partial charge in [-0.3, -0.25) is 4.79 Å². The van der Waals surface area contributed by atoms with Crippen LogP contribution in [0.5, 0.6) is 0 Å². The van der Waals surface area contributed by atoms with Crippen molar-refractivity contribution in [1.82, 2.24) is 0 Å². The molecular weight excluding hydrogens is 296 g/mol. The molecule has 2 atom stereocenters. The van der Waals surface area contributed by atoms with Gasteiger partial charge in [-0.2, -0.15) is 0 Å². The molecule has 3 nitrogen and oxygen atoms in total. The normalized spacial score (nSPS) is 13.4. The lowest BCUT2D eigenvalue weighted by Gasteiger charge is -2.19. The first-order valence-corrected chi connectivity index (χ1v) is 9.72. The van der Waals surface area contributed by atoms with Crippen molar-refractivity contribution in [1.29, 1.82) is 0 Å². The minimum absolute atomic E-state index is 0.254. The van der Waals surface area contributed by atoms with Gasteiger partial charge in [0, 0.05) is 35.4 Å². The molecule has 0 fully saturated rings. The van der Waals surface area contributed by atoms with Gasteiger partial charge in [0.25, 0.3) is 0 Å². The van der Waals surface area contributed by atoms with Gasteiger partial charge in [0.1, 0.15) is 0 Å². The van der Waals surface area contributed by atoms with E-state index >= 15 is 0 Å². The molecule has 0 aromatic heterocycles. The molecule has 0 saturated heterocycles. The molecular formula is C21H36N2O. The minimum Gasteiger partial charge on any atom is -0.383 e. The topological polar surface area (TPSA) is 41.1 Å². The number of hydrogen-bond acceptors (Lipinski definition) is 3. The third-order valence-corrected chi connectivity index (χ3v) is 4.62. The van der Waals surface area contributed by atoms with Crippen LogP contribution in [0.3, 0.4) is 0 Å². The fraction of sp³-hybridized carbons (Fsp3) is 0.667. The summed E-state index contributed by atoms with van der Waals surface area (Å²) in [7, 11) is 0. The molecule has 0 aliphatic heterocycles.